The lowest BCUT2D eigenvalue weighted by atomic mass is 10.1. The zero-order valence-corrected chi connectivity index (χ0v) is 9.28. The number of hydrogen-bond donors (Lipinski definition) is 3. The van der Waals surface area contributed by atoms with E-state index in [-0.39, 0.29) is 18.6 Å². The second-order valence-corrected chi connectivity index (χ2v) is 4.26. The molecule has 0 aromatic rings. The third-order valence-corrected chi connectivity index (χ3v) is 2.68. The maximum absolute atomic E-state index is 11.5. The van der Waals surface area contributed by atoms with Crippen molar-refractivity contribution in [3.8, 4) is 0 Å². The van der Waals surface area contributed by atoms with Gasteiger partial charge >= 0.3 is 0 Å². The van der Waals surface area contributed by atoms with Crippen LogP contribution in [0, 0.1) is 0 Å². The average Bonchev–Trinajstić information content (AvgIpc) is 2.21. The molecule has 88 valence electrons. The highest BCUT2D eigenvalue weighted by atomic mass is 16.3. The number of nitrogens with zero attached hydrogens (tertiary/aromatic N) is 1. The number of amides is 1. The molecule has 15 heavy (non-hydrogen) atoms. The molecule has 0 radical (unpaired) electrons. The first-order chi connectivity index (χ1) is 7.11. The summed E-state index contributed by atoms with van der Waals surface area (Å²) in [5.41, 5.74) is 5.77. The number of aliphatic hydroxyl groups is 1. The first kappa shape index (κ1) is 12.4. The number of carbonyl (C=O) groups is 1. The molecule has 1 atom stereocenters. The molecular formula is C10H21N3O2. The van der Waals surface area contributed by atoms with Crippen LogP contribution in [0.2, 0.25) is 0 Å². The van der Waals surface area contributed by atoms with Gasteiger partial charge in [0.15, 0.2) is 0 Å². The minimum Gasteiger partial charge on any atom is -0.394 e. The van der Waals surface area contributed by atoms with Crippen LogP contribution in [-0.4, -0.2) is 54.2 Å². The van der Waals surface area contributed by atoms with Crippen LogP contribution in [0.15, 0.2) is 0 Å². The molecule has 1 heterocycles. The van der Waals surface area contributed by atoms with E-state index in [0.717, 1.165) is 25.9 Å². The molecule has 1 aliphatic rings. The molecule has 5 heteroatoms. The van der Waals surface area contributed by atoms with Crippen molar-refractivity contribution >= 4 is 5.91 Å². The van der Waals surface area contributed by atoms with Crippen molar-refractivity contribution in [2.24, 2.45) is 5.73 Å². The number of piperidine rings is 1. The smallest absolute Gasteiger partial charge is 0.234 e. The third-order valence-electron chi connectivity index (χ3n) is 2.68. The molecule has 1 amide bonds. The molecule has 4 N–H and O–H groups in total. The van der Waals surface area contributed by atoms with Crippen molar-refractivity contribution in [2.75, 3.05) is 26.2 Å². The Morgan fingerprint density at radius 2 is 2.20 bits per heavy atom. The van der Waals surface area contributed by atoms with Gasteiger partial charge in [-0.2, -0.15) is 0 Å². The van der Waals surface area contributed by atoms with Crippen LogP contribution < -0.4 is 11.1 Å². The number of carbonyl (C=O) groups excluding carboxylic acids is 1. The Bertz CT molecular complexity index is 203. The highest BCUT2D eigenvalue weighted by Crippen LogP contribution is 2.07. The molecule has 1 rings (SSSR count). The van der Waals surface area contributed by atoms with E-state index in [1.165, 1.54) is 0 Å². The maximum atomic E-state index is 11.5. The second-order valence-electron chi connectivity index (χ2n) is 4.26. The Labute approximate surface area is 90.6 Å². The van der Waals surface area contributed by atoms with Crippen LogP contribution in [0.3, 0.4) is 0 Å². The maximum Gasteiger partial charge on any atom is 0.234 e. The van der Waals surface area contributed by atoms with Gasteiger partial charge in [-0.1, -0.05) is 0 Å². The Balaban J connectivity index is 2.20. The summed E-state index contributed by atoms with van der Waals surface area (Å²) < 4.78 is 0. The van der Waals surface area contributed by atoms with Gasteiger partial charge in [0, 0.05) is 25.2 Å². The standard InChI is InChI=1S/C10H21N3O2/c1-8(7-14)12-10(15)6-13-4-2-9(11)3-5-13/h8-9,14H,2-7,11H2,1H3,(H,12,15)/t8-/m1/s1. The van der Waals surface area contributed by atoms with Crippen LogP contribution in [0.5, 0.6) is 0 Å². The first-order valence-electron chi connectivity index (χ1n) is 5.50. The van der Waals surface area contributed by atoms with Gasteiger partial charge in [-0.25, -0.2) is 0 Å². The van der Waals surface area contributed by atoms with Gasteiger partial charge in [0.05, 0.1) is 13.2 Å². The number of nitrogens with one attached hydrogen (secondary N) is 1. The van der Waals surface area contributed by atoms with Gasteiger partial charge < -0.3 is 16.2 Å². The molecule has 1 fully saturated rings. The van der Waals surface area contributed by atoms with Crippen molar-refractivity contribution in [1.29, 1.82) is 0 Å². The van der Waals surface area contributed by atoms with Crippen molar-refractivity contribution in [3.63, 3.8) is 0 Å². The van der Waals surface area contributed by atoms with Crippen molar-refractivity contribution in [2.45, 2.75) is 31.8 Å². The van der Waals surface area contributed by atoms with Gasteiger partial charge in [0.2, 0.25) is 5.91 Å². The summed E-state index contributed by atoms with van der Waals surface area (Å²) in [7, 11) is 0. The van der Waals surface area contributed by atoms with Gasteiger partial charge in [-0.3, -0.25) is 9.69 Å². The lowest BCUT2D eigenvalue weighted by Gasteiger charge is -2.29. The lowest BCUT2D eigenvalue weighted by Crippen LogP contribution is -2.46. The summed E-state index contributed by atoms with van der Waals surface area (Å²) in [6.07, 6.45) is 1.92. The average molecular weight is 215 g/mol. The van der Waals surface area contributed by atoms with E-state index < -0.39 is 0 Å². The van der Waals surface area contributed by atoms with Crippen LogP contribution in [0.4, 0.5) is 0 Å². The van der Waals surface area contributed by atoms with E-state index in [0.29, 0.717) is 12.6 Å². The normalized spacial score (nSPS) is 21.3. The highest BCUT2D eigenvalue weighted by Gasteiger charge is 2.18. The number of hydrogen-bond acceptors (Lipinski definition) is 4. The van der Waals surface area contributed by atoms with E-state index in [9.17, 15) is 4.79 Å². The minimum absolute atomic E-state index is 0.0172. The van der Waals surface area contributed by atoms with Crippen LogP contribution in [-0.2, 0) is 4.79 Å². The van der Waals surface area contributed by atoms with Gasteiger partial charge in [-0.05, 0) is 19.8 Å². The number of rotatable bonds is 4. The SMILES string of the molecule is C[C@H](CO)NC(=O)CN1CCC(N)CC1. The van der Waals surface area contributed by atoms with Gasteiger partial charge in [-0.15, -0.1) is 0 Å². The van der Waals surface area contributed by atoms with E-state index in [1.54, 1.807) is 6.92 Å². The fourth-order valence-corrected chi connectivity index (χ4v) is 1.68. The first-order valence-corrected chi connectivity index (χ1v) is 5.50. The fourth-order valence-electron chi connectivity index (χ4n) is 1.68. The molecule has 0 aromatic heterocycles. The largest absolute Gasteiger partial charge is 0.394 e. The molecular weight excluding hydrogens is 194 g/mol. The lowest BCUT2D eigenvalue weighted by molar-refractivity contribution is -0.123. The molecule has 5 nitrogen and oxygen atoms in total. The summed E-state index contributed by atoms with van der Waals surface area (Å²) >= 11 is 0. The van der Waals surface area contributed by atoms with Crippen molar-refractivity contribution in [3.05, 3.63) is 0 Å². The minimum atomic E-state index is -0.162. The Morgan fingerprint density at radius 3 is 2.73 bits per heavy atom. The Morgan fingerprint density at radius 1 is 1.60 bits per heavy atom. The van der Waals surface area contributed by atoms with E-state index in [2.05, 4.69) is 10.2 Å². The van der Waals surface area contributed by atoms with Crippen LogP contribution in [0.1, 0.15) is 19.8 Å². The molecule has 0 spiro atoms. The van der Waals surface area contributed by atoms with E-state index in [1.807, 2.05) is 0 Å². The third kappa shape index (κ3) is 4.59. The molecule has 0 saturated carbocycles. The number of likely N-dealkylation sites (tertiary alicyclic amines) is 1. The van der Waals surface area contributed by atoms with Gasteiger partial charge in [0.25, 0.3) is 0 Å². The summed E-state index contributed by atoms with van der Waals surface area (Å²) in [6.45, 7) is 3.96. The Kier molecular flexibility index (Phi) is 5.01. The van der Waals surface area contributed by atoms with Crippen molar-refractivity contribution in [1.82, 2.24) is 10.2 Å². The van der Waals surface area contributed by atoms with Crippen molar-refractivity contribution < 1.29 is 9.90 Å². The number of aliphatic hydroxyl groups excluding tert-OH is 1. The molecule has 0 unspecified atom stereocenters. The van der Waals surface area contributed by atoms with Crippen LogP contribution in [0.25, 0.3) is 0 Å². The van der Waals surface area contributed by atoms with Crippen LogP contribution >= 0.6 is 0 Å². The zero-order chi connectivity index (χ0) is 11.3. The monoisotopic (exact) mass is 215 g/mol. The molecule has 0 aromatic carbocycles. The number of nitrogens with two attached hydrogens (primary N) is 1. The molecule has 1 saturated heterocycles. The summed E-state index contributed by atoms with van der Waals surface area (Å²) in [5.74, 6) is -0.0213. The predicted octanol–water partition coefficient (Wildman–Crippen LogP) is -1.09. The van der Waals surface area contributed by atoms with E-state index in [4.69, 9.17) is 10.8 Å². The quantitative estimate of drug-likeness (QED) is 0.556. The topological polar surface area (TPSA) is 78.6 Å². The fraction of sp³-hybridized carbons (Fsp3) is 0.900. The summed E-state index contributed by atoms with van der Waals surface area (Å²) in [4.78, 5) is 13.6. The van der Waals surface area contributed by atoms with E-state index >= 15 is 0 Å². The van der Waals surface area contributed by atoms with Gasteiger partial charge in [0.1, 0.15) is 0 Å². The molecule has 1 aliphatic heterocycles. The predicted molar refractivity (Wildman–Crippen MR) is 58.3 cm³/mol. The highest BCUT2D eigenvalue weighted by molar-refractivity contribution is 5.78. The Hall–Kier alpha value is -0.650. The summed E-state index contributed by atoms with van der Waals surface area (Å²) in [6, 6.07) is 0.130. The molecule has 0 bridgehead atoms. The summed E-state index contributed by atoms with van der Waals surface area (Å²) in [5, 5.41) is 11.5. The zero-order valence-electron chi connectivity index (χ0n) is 9.28. The second kappa shape index (κ2) is 6.05. The molecule has 0 aliphatic carbocycles.